The van der Waals surface area contributed by atoms with Crippen molar-refractivity contribution in [3.63, 3.8) is 0 Å². The summed E-state index contributed by atoms with van der Waals surface area (Å²) in [5.74, 6) is 0.108. The van der Waals surface area contributed by atoms with Crippen molar-refractivity contribution in [2.75, 3.05) is 19.0 Å². The minimum atomic E-state index is -0.414. The Morgan fingerprint density at radius 2 is 2.21 bits per heavy atom. The molecule has 0 aliphatic carbocycles. The third-order valence-corrected chi connectivity index (χ3v) is 2.65. The lowest BCUT2D eigenvalue weighted by atomic mass is 10.2. The Hall–Kier alpha value is -2.50. The van der Waals surface area contributed by atoms with Crippen molar-refractivity contribution in [2.45, 2.75) is 6.92 Å². The van der Waals surface area contributed by atoms with Crippen LogP contribution in [0.1, 0.15) is 17.4 Å². The van der Waals surface area contributed by atoms with Crippen molar-refractivity contribution in [3.8, 4) is 5.75 Å². The summed E-state index contributed by atoms with van der Waals surface area (Å²) in [6.07, 6.45) is 0.568. The maximum atomic E-state index is 11.6. The predicted octanol–water partition coefficient (Wildman–Crippen LogP) is 1.92. The molecule has 0 atom stereocenters. The Balaban J connectivity index is 2.47. The average Bonchev–Trinajstić information content (AvgIpc) is 2.81. The van der Waals surface area contributed by atoms with Crippen LogP contribution in [0.2, 0.25) is 0 Å². The molecule has 0 radical (unpaired) electrons. The average molecular weight is 262 g/mol. The van der Waals surface area contributed by atoms with Gasteiger partial charge in [-0.1, -0.05) is 0 Å². The van der Waals surface area contributed by atoms with E-state index in [9.17, 15) is 9.59 Å². The van der Waals surface area contributed by atoms with Crippen LogP contribution < -0.4 is 10.1 Å². The first-order valence-electron chi connectivity index (χ1n) is 5.77. The van der Waals surface area contributed by atoms with E-state index in [0.29, 0.717) is 35.7 Å². The zero-order valence-electron chi connectivity index (χ0n) is 10.6. The SMILES string of the molecule is CCOC(=O)c1cc2cc(OC)c(NC=O)cc2[nH]1. The van der Waals surface area contributed by atoms with Gasteiger partial charge in [0, 0.05) is 10.9 Å². The molecule has 0 saturated heterocycles. The number of benzene rings is 1. The van der Waals surface area contributed by atoms with E-state index in [-0.39, 0.29) is 0 Å². The fourth-order valence-electron chi connectivity index (χ4n) is 1.82. The quantitative estimate of drug-likeness (QED) is 0.637. The van der Waals surface area contributed by atoms with Gasteiger partial charge < -0.3 is 19.8 Å². The van der Waals surface area contributed by atoms with Gasteiger partial charge in [-0.25, -0.2) is 4.79 Å². The Morgan fingerprint density at radius 1 is 1.42 bits per heavy atom. The van der Waals surface area contributed by atoms with Gasteiger partial charge >= 0.3 is 5.97 Å². The van der Waals surface area contributed by atoms with E-state index >= 15 is 0 Å². The summed E-state index contributed by atoms with van der Waals surface area (Å²) in [6, 6.07) is 5.12. The number of H-pyrrole nitrogens is 1. The van der Waals surface area contributed by atoms with Crippen LogP contribution in [0.25, 0.3) is 10.9 Å². The van der Waals surface area contributed by atoms with Crippen molar-refractivity contribution in [1.82, 2.24) is 4.98 Å². The third-order valence-electron chi connectivity index (χ3n) is 2.65. The first-order valence-corrected chi connectivity index (χ1v) is 5.77. The summed E-state index contributed by atoms with van der Waals surface area (Å²) >= 11 is 0. The molecule has 0 unspecified atom stereocenters. The number of carbonyl (C=O) groups is 2. The van der Waals surface area contributed by atoms with Crippen LogP contribution in [0, 0.1) is 0 Å². The molecule has 1 heterocycles. The van der Waals surface area contributed by atoms with Crippen molar-refractivity contribution in [2.24, 2.45) is 0 Å². The maximum absolute atomic E-state index is 11.6. The summed E-state index contributed by atoms with van der Waals surface area (Å²) in [4.78, 5) is 25.1. The lowest BCUT2D eigenvalue weighted by Gasteiger charge is -2.06. The number of methoxy groups -OCH3 is 1. The fraction of sp³-hybridized carbons (Fsp3) is 0.231. The van der Waals surface area contributed by atoms with Crippen LogP contribution in [-0.2, 0) is 9.53 Å². The molecule has 0 spiro atoms. The molecule has 2 N–H and O–H groups in total. The van der Waals surface area contributed by atoms with Gasteiger partial charge in [-0.15, -0.1) is 0 Å². The van der Waals surface area contributed by atoms with Crippen molar-refractivity contribution < 1.29 is 19.1 Å². The van der Waals surface area contributed by atoms with Crippen molar-refractivity contribution >= 4 is 29.0 Å². The highest BCUT2D eigenvalue weighted by Gasteiger charge is 2.12. The summed E-state index contributed by atoms with van der Waals surface area (Å²) < 4.78 is 10.1. The molecule has 0 saturated carbocycles. The largest absolute Gasteiger partial charge is 0.495 e. The second-order valence-electron chi connectivity index (χ2n) is 3.81. The number of hydrogen-bond acceptors (Lipinski definition) is 4. The number of esters is 1. The fourth-order valence-corrected chi connectivity index (χ4v) is 1.82. The molecule has 19 heavy (non-hydrogen) atoms. The molecule has 2 rings (SSSR count). The van der Waals surface area contributed by atoms with Crippen molar-refractivity contribution in [3.05, 3.63) is 23.9 Å². The van der Waals surface area contributed by atoms with Crippen LogP contribution in [-0.4, -0.2) is 31.1 Å². The van der Waals surface area contributed by atoms with Crippen LogP contribution in [0.3, 0.4) is 0 Å². The monoisotopic (exact) mass is 262 g/mol. The molecule has 1 aromatic heterocycles. The minimum Gasteiger partial charge on any atom is -0.495 e. The molecule has 6 heteroatoms. The van der Waals surface area contributed by atoms with Crippen molar-refractivity contribution in [1.29, 1.82) is 0 Å². The highest BCUT2D eigenvalue weighted by Crippen LogP contribution is 2.30. The Bertz CT molecular complexity index is 618. The lowest BCUT2D eigenvalue weighted by Crippen LogP contribution is -2.04. The second kappa shape index (κ2) is 5.43. The van der Waals surface area contributed by atoms with Gasteiger partial charge in [0.25, 0.3) is 0 Å². The lowest BCUT2D eigenvalue weighted by molar-refractivity contribution is -0.105. The zero-order chi connectivity index (χ0) is 13.8. The highest BCUT2D eigenvalue weighted by molar-refractivity contribution is 5.97. The number of fused-ring (bicyclic) bond motifs is 1. The number of aromatic nitrogens is 1. The van der Waals surface area contributed by atoms with Gasteiger partial charge in [0.15, 0.2) is 0 Å². The van der Waals surface area contributed by atoms with E-state index in [1.165, 1.54) is 7.11 Å². The molecule has 100 valence electrons. The molecular weight excluding hydrogens is 248 g/mol. The van der Waals surface area contributed by atoms with Gasteiger partial charge in [-0.2, -0.15) is 0 Å². The van der Waals surface area contributed by atoms with Gasteiger partial charge in [0.05, 0.1) is 19.4 Å². The Kier molecular flexibility index (Phi) is 3.70. The van der Waals surface area contributed by atoms with E-state index in [2.05, 4.69) is 10.3 Å². The zero-order valence-corrected chi connectivity index (χ0v) is 10.6. The summed E-state index contributed by atoms with van der Waals surface area (Å²) in [5, 5.41) is 3.34. The van der Waals surface area contributed by atoms with Crippen LogP contribution >= 0.6 is 0 Å². The normalized spacial score (nSPS) is 10.2. The number of nitrogens with one attached hydrogen (secondary N) is 2. The minimum absolute atomic E-state index is 0.315. The Labute approximate surface area is 109 Å². The number of amides is 1. The van der Waals surface area contributed by atoms with E-state index in [1.807, 2.05) is 0 Å². The summed E-state index contributed by atoms with van der Waals surface area (Å²) in [7, 11) is 1.51. The standard InChI is InChI=1S/C13H14N2O4/c1-3-19-13(17)11-4-8-5-12(18-2)10(14-7-16)6-9(8)15-11/h4-7,15H,3H2,1-2H3,(H,14,16). The first-order chi connectivity index (χ1) is 9.19. The molecular formula is C13H14N2O4. The highest BCUT2D eigenvalue weighted by atomic mass is 16.5. The van der Waals surface area contributed by atoms with E-state index < -0.39 is 5.97 Å². The number of rotatable bonds is 5. The van der Waals surface area contributed by atoms with Crippen LogP contribution in [0.4, 0.5) is 5.69 Å². The number of ether oxygens (including phenoxy) is 2. The topological polar surface area (TPSA) is 80.4 Å². The van der Waals surface area contributed by atoms with Crippen LogP contribution in [0.5, 0.6) is 5.75 Å². The molecule has 1 amide bonds. The second-order valence-corrected chi connectivity index (χ2v) is 3.81. The van der Waals surface area contributed by atoms with Gasteiger partial charge in [-0.05, 0) is 25.1 Å². The van der Waals surface area contributed by atoms with Gasteiger partial charge in [0.2, 0.25) is 6.41 Å². The summed E-state index contributed by atoms with van der Waals surface area (Å²) in [5.41, 5.74) is 1.61. The van der Waals surface area contributed by atoms with E-state index in [0.717, 1.165) is 5.39 Å². The van der Waals surface area contributed by atoms with Gasteiger partial charge in [-0.3, -0.25) is 4.79 Å². The Morgan fingerprint density at radius 3 is 2.84 bits per heavy atom. The predicted molar refractivity (Wildman–Crippen MR) is 70.5 cm³/mol. The van der Waals surface area contributed by atoms with Crippen LogP contribution in [0.15, 0.2) is 18.2 Å². The number of hydrogen-bond donors (Lipinski definition) is 2. The smallest absolute Gasteiger partial charge is 0.354 e. The molecule has 0 bridgehead atoms. The van der Waals surface area contributed by atoms with E-state index in [4.69, 9.17) is 9.47 Å². The molecule has 2 aromatic rings. The molecule has 0 fully saturated rings. The molecule has 1 aromatic carbocycles. The van der Waals surface area contributed by atoms with Gasteiger partial charge in [0.1, 0.15) is 11.4 Å². The third kappa shape index (κ3) is 2.52. The summed E-state index contributed by atoms with van der Waals surface area (Å²) in [6.45, 7) is 2.06. The van der Waals surface area contributed by atoms with E-state index in [1.54, 1.807) is 25.1 Å². The number of anilines is 1. The molecule has 6 nitrogen and oxygen atoms in total. The number of aromatic amines is 1. The molecule has 0 aliphatic heterocycles. The first kappa shape index (κ1) is 12.9. The maximum Gasteiger partial charge on any atom is 0.354 e. The molecule has 0 aliphatic rings. The number of carbonyl (C=O) groups excluding carboxylic acids is 2.